The van der Waals surface area contributed by atoms with E-state index in [1.165, 1.54) is 7.05 Å². The van der Waals surface area contributed by atoms with E-state index in [0.717, 1.165) is 11.6 Å². The molecule has 0 spiro atoms. The van der Waals surface area contributed by atoms with Gasteiger partial charge in [0, 0.05) is 40.5 Å². The zero-order valence-corrected chi connectivity index (χ0v) is 13.0. The van der Waals surface area contributed by atoms with Crippen LogP contribution in [0.25, 0.3) is 0 Å². The number of nitriles is 2. The molecule has 0 N–H and O–H groups in total. The molecule has 0 rings (SSSR count). The Balaban J connectivity index is 4.11. The molecular formula is C13H22N6O2. The lowest BCUT2D eigenvalue weighted by Crippen LogP contribution is -2.40. The summed E-state index contributed by atoms with van der Waals surface area (Å²) in [5, 5.41) is 22.4. The molecule has 0 bridgehead atoms. The Kier molecular flexibility index (Phi) is 8.51. The van der Waals surface area contributed by atoms with Crippen LogP contribution >= 0.6 is 0 Å². The first-order chi connectivity index (χ1) is 9.88. The lowest BCUT2D eigenvalue weighted by molar-refractivity contribution is -0.143. The lowest BCUT2D eigenvalue weighted by atomic mass is 10.2. The van der Waals surface area contributed by atoms with E-state index in [1.54, 1.807) is 29.5 Å². The van der Waals surface area contributed by atoms with Crippen LogP contribution in [0.2, 0.25) is 0 Å². The van der Waals surface area contributed by atoms with Crippen LogP contribution in [0.3, 0.4) is 0 Å². The average molecular weight is 294 g/mol. The summed E-state index contributed by atoms with van der Waals surface area (Å²) in [5.74, 6) is -0.467. The summed E-state index contributed by atoms with van der Waals surface area (Å²) in [4.78, 5) is 23.5. The normalized spacial score (nSPS) is 9.67. The Morgan fingerprint density at radius 1 is 0.952 bits per heavy atom. The van der Waals surface area contributed by atoms with E-state index in [9.17, 15) is 9.59 Å². The summed E-state index contributed by atoms with van der Waals surface area (Å²) >= 11 is 0. The summed E-state index contributed by atoms with van der Waals surface area (Å²) in [6, 6.07) is 0. The van der Waals surface area contributed by atoms with E-state index < -0.39 is 5.91 Å². The number of carbonyl (C=O) groups excluding carboxylic acids is 2. The van der Waals surface area contributed by atoms with E-state index >= 15 is 0 Å². The zero-order valence-electron chi connectivity index (χ0n) is 13.0. The molecule has 0 aliphatic carbocycles. The van der Waals surface area contributed by atoms with Crippen LogP contribution in [-0.4, -0.2) is 59.5 Å². The summed E-state index contributed by atoms with van der Waals surface area (Å²) in [6.45, 7) is 2.68. The van der Waals surface area contributed by atoms with Crippen LogP contribution in [0.15, 0.2) is 0 Å². The van der Waals surface area contributed by atoms with Crippen LogP contribution in [0.4, 0.5) is 0 Å². The minimum atomic E-state index is -0.451. The predicted molar refractivity (Wildman–Crippen MR) is 75.4 cm³/mol. The van der Waals surface area contributed by atoms with Gasteiger partial charge in [0.1, 0.15) is 0 Å². The molecule has 21 heavy (non-hydrogen) atoms. The molecule has 2 amide bonds. The van der Waals surface area contributed by atoms with Crippen molar-refractivity contribution in [2.24, 2.45) is 0 Å². The maximum absolute atomic E-state index is 11.8. The van der Waals surface area contributed by atoms with E-state index in [1.807, 2.05) is 14.0 Å². The van der Waals surface area contributed by atoms with Gasteiger partial charge in [0.15, 0.2) is 0 Å². The van der Waals surface area contributed by atoms with E-state index in [2.05, 4.69) is 0 Å². The second kappa shape index (κ2) is 9.56. The standard InChI is InChI=1S/C13H22N6O2/c1-5-16(2)18(4)12(20)8-6-7-9-13(21)19(11-15)17(3)10-14/h5-9H2,1-4H3. The lowest BCUT2D eigenvalue weighted by Gasteiger charge is -2.27. The average Bonchev–Trinajstić information content (AvgIpc) is 2.49. The number of unbranched alkanes of at least 4 members (excludes halogenated alkanes) is 1. The smallest absolute Gasteiger partial charge is 0.255 e. The van der Waals surface area contributed by atoms with Crippen molar-refractivity contribution in [1.29, 1.82) is 10.5 Å². The number of rotatable bonds is 8. The third-order valence-corrected chi connectivity index (χ3v) is 3.14. The van der Waals surface area contributed by atoms with Crippen LogP contribution in [0.1, 0.15) is 32.6 Å². The predicted octanol–water partition coefficient (Wildman–Crippen LogP) is 0.509. The van der Waals surface area contributed by atoms with Crippen molar-refractivity contribution in [2.75, 3.05) is 27.7 Å². The number of hydrogen-bond donors (Lipinski definition) is 0. The van der Waals surface area contributed by atoms with E-state index in [-0.39, 0.29) is 12.3 Å². The van der Waals surface area contributed by atoms with Crippen molar-refractivity contribution in [2.45, 2.75) is 32.6 Å². The van der Waals surface area contributed by atoms with Crippen molar-refractivity contribution in [3.63, 3.8) is 0 Å². The first kappa shape index (κ1) is 18.7. The van der Waals surface area contributed by atoms with Gasteiger partial charge in [-0.1, -0.05) is 6.92 Å². The highest BCUT2D eigenvalue weighted by Crippen LogP contribution is 2.06. The number of nitrogens with zero attached hydrogens (tertiary/aromatic N) is 6. The molecule has 0 aliphatic heterocycles. The van der Waals surface area contributed by atoms with Gasteiger partial charge in [-0.15, -0.1) is 5.01 Å². The maximum Gasteiger partial charge on any atom is 0.255 e. The molecule has 0 fully saturated rings. The van der Waals surface area contributed by atoms with Gasteiger partial charge in [0.25, 0.3) is 5.91 Å². The van der Waals surface area contributed by atoms with Crippen LogP contribution in [0, 0.1) is 22.9 Å². The van der Waals surface area contributed by atoms with Crippen molar-refractivity contribution in [3.05, 3.63) is 0 Å². The Morgan fingerprint density at radius 3 is 1.90 bits per heavy atom. The molecule has 8 nitrogen and oxygen atoms in total. The fourth-order valence-corrected chi connectivity index (χ4v) is 1.56. The molecule has 0 aliphatic rings. The van der Waals surface area contributed by atoms with Gasteiger partial charge in [-0.2, -0.15) is 10.5 Å². The molecule has 0 saturated carbocycles. The van der Waals surface area contributed by atoms with Crippen LogP contribution in [-0.2, 0) is 9.59 Å². The van der Waals surface area contributed by atoms with Crippen LogP contribution in [0.5, 0.6) is 0 Å². The highest BCUT2D eigenvalue weighted by molar-refractivity contribution is 5.77. The Bertz CT molecular complexity index is 439. The van der Waals surface area contributed by atoms with Crippen molar-refractivity contribution < 1.29 is 9.59 Å². The fraction of sp³-hybridized carbons (Fsp3) is 0.692. The third kappa shape index (κ3) is 6.11. The third-order valence-electron chi connectivity index (χ3n) is 3.14. The second-order valence-electron chi connectivity index (χ2n) is 4.53. The first-order valence-corrected chi connectivity index (χ1v) is 6.72. The van der Waals surface area contributed by atoms with Gasteiger partial charge in [-0.25, -0.2) is 10.0 Å². The van der Waals surface area contributed by atoms with Crippen LogP contribution < -0.4 is 0 Å². The SMILES string of the molecule is CCN(C)N(C)C(=O)CCCCC(=O)N(C#N)N(C)C#N. The van der Waals surface area contributed by atoms with Gasteiger partial charge in [-0.05, 0) is 12.8 Å². The Morgan fingerprint density at radius 2 is 1.48 bits per heavy atom. The minimum Gasteiger partial charge on any atom is -0.279 e. The quantitative estimate of drug-likeness (QED) is 0.280. The van der Waals surface area contributed by atoms with Crippen molar-refractivity contribution in [3.8, 4) is 12.4 Å². The minimum absolute atomic E-state index is 0.0157. The molecule has 0 aromatic heterocycles. The first-order valence-electron chi connectivity index (χ1n) is 6.72. The summed E-state index contributed by atoms with van der Waals surface area (Å²) < 4.78 is 0. The van der Waals surface area contributed by atoms with Gasteiger partial charge in [0.05, 0.1) is 0 Å². The number of carbonyl (C=O) groups is 2. The highest BCUT2D eigenvalue weighted by Gasteiger charge is 2.17. The number of amides is 2. The topological polar surface area (TPSA) is 94.7 Å². The number of hydrazine groups is 2. The molecule has 116 valence electrons. The molecule has 0 saturated heterocycles. The molecule has 0 unspecified atom stereocenters. The van der Waals surface area contributed by atoms with Gasteiger partial charge in [-0.3, -0.25) is 14.6 Å². The molecule has 0 heterocycles. The van der Waals surface area contributed by atoms with Crippen molar-refractivity contribution in [1.82, 2.24) is 20.0 Å². The monoisotopic (exact) mass is 294 g/mol. The van der Waals surface area contributed by atoms with Gasteiger partial charge >= 0.3 is 0 Å². The summed E-state index contributed by atoms with van der Waals surface area (Å²) in [6.07, 6.45) is 4.85. The van der Waals surface area contributed by atoms with Crippen molar-refractivity contribution >= 4 is 11.8 Å². The highest BCUT2D eigenvalue weighted by atomic mass is 16.2. The number of hydrogen-bond acceptors (Lipinski definition) is 6. The Hall–Kier alpha value is -2.32. The van der Waals surface area contributed by atoms with Gasteiger partial charge in [0.2, 0.25) is 18.3 Å². The molecular weight excluding hydrogens is 272 g/mol. The maximum atomic E-state index is 11.8. The summed E-state index contributed by atoms with van der Waals surface area (Å²) in [7, 11) is 4.86. The largest absolute Gasteiger partial charge is 0.279 e. The molecule has 0 radical (unpaired) electrons. The molecule has 8 heteroatoms. The fourth-order valence-electron chi connectivity index (χ4n) is 1.56. The molecule has 0 aromatic rings. The Labute approximate surface area is 125 Å². The van der Waals surface area contributed by atoms with E-state index in [4.69, 9.17) is 10.5 Å². The summed E-state index contributed by atoms with van der Waals surface area (Å²) in [5.41, 5.74) is 0. The zero-order chi connectivity index (χ0) is 16.4. The van der Waals surface area contributed by atoms with Gasteiger partial charge < -0.3 is 0 Å². The molecule has 0 atom stereocenters. The molecule has 0 aromatic carbocycles. The van der Waals surface area contributed by atoms with E-state index in [0.29, 0.717) is 24.3 Å². The second-order valence-corrected chi connectivity index (χ2v) is 4.53.